The topological polar surface area (TPSA) is 29.3 Å². The Bertz CT molecular complexity index is 499. The maximum atomic E-state index is 13.3. The van der Waals surface area contributed by atoms with Gasteiger partial charge >= 0.3 is 0 Å². The average molecular weight is 244 g/mol. The number of benzene rings is 2. The van der Waals surface area contributed by atoms with Crippen LogP contribution in [0.1, 0.15) is 11.6 Å². The molecule has 1 unspecified atom stereocenters. The highest BCUT2D eigenvalue weighted by Crippen LogP contribution is 2.24. The molecule has 0 aliphatic rings. The molecule has 2 aromatic carbocycles. The van der Waals surface area contributed by atoms with Crippen molar-refractivity contribution in [3.63, 3.8) is 0 Å². The Morgan fingerprint density at radius 1 is 1.11 bits per heavy atom. The third-order valence-corrected chi connectivity index (χ3v) is 3.09. The van der Waals surface area contributed by atoms with E-state index in [4.69, 9.17) is 5.73 Å². The monoisotopic (exact) mass is 244 g/mol. The molecule has 0 spiro atoms. The molecule has 0 heterocycles. The van der Waals surface area contributed by atoms with Crippen LogP contribution in [0.4, 0.5) is 10.1 Å². The molecule has 0 saturated heterocycles. The SMILES string of the molecule is CN(c1ccccc1)C(CN)c1cccc(F)c1. The third kappa shape index (κ3) is 2.68. The first kappa shape index (κ1) is 12.6. The van der Waals surface area contributed by atoms with Gasteiger partial charge in [-0.25, -0.2) is 4.39 Å². The fourth-order valence-corrected chi connectivity index (χ4v) is 2.07. The number of hydrogen-bond acceptors (Lipinski definition) is 2. The van der Waals surface area contributed by atoms with Crippen molar-refractivity contribution in [2.75, 3.05) is 18.5 Å². The number of rotatable bonds is 4. The molecule has 2 nitrogen and oxygen atoms in total. The smallest absolute Gasteiger partial charge is 0.123 e. The molecule has 0 aromatic heterocycles. The van der Waals surface area contributed by atoms with Gasteiger partial charge < -0.3 is 10.6 Å². The molecule has 2 aromatic rings. The van der Waals surface area contributed by atoms with E-state index in [9.17, 15) is 4.39 Å². The van der Waals surface area contributed by atoms with Crippen molar-refractivity contribution in [3.05, 3.63) is 66.0 Å². The molecular weight excluding hydrogens is 227 g/mol. The van der Waals surface area contributed by atoms with Gasteiger partial charge in [0.2, 0.25) is 0 Å². The van der Waals surface area contributed by atoms with Crippen molar-refractivity contribution in [2.24, 2.45) is 5.73 Å². The maximum Gasteiger partial charge on any atom is 0.123 e. The van der Waals surface area contributed by atoms with Crippen LogP contribution in [0.25, 0.3) is 0 Å². The van der Waals surface area contributed by atoms with Gasteiger partial charge in [0.1, 0.15) is 5.82 Å². The normalized spacial score (nSPS) is 12.2. The first-order valence-corrected chi connectivity index (χ1v) is 5.96. The molecule has 0 aliphatic carbocycles. The lowest BCUT2D eigenvalue weighted by molar-refractivity contribution is 0.615. The Balaban J connectivity index is 2.29. The van der Waals surface area contributed by atoms with Crippen LogP contribution in [0.5, 0.6) is 0 Å². The molecule has 0 aliphatic heterocycles. The van der Waals surface area contributed by atoms with Gasteiger partial charge in [-0.3, -0.25) is 0 Å². The number of anilines is 1. The van der Waals surface area contributed by atoms with Gasteiger partial charge in [0.05, 0.1) is 6.04 Å². The highest BCUT2D eigenvalue weighted by Gasteiger charge is 2.16. The first-order chi connectivity index (χ1) is 8.72. The zero-order valence-corrected chi connectivity index (χ0v) is 10.4. The predicted molar refractivity (Wildman–Crippen MR) is 73.0 cm³/mol. The number of hydrogen-bond donors (Lipinski definition) is 1. The molecule has 0 amide bonds. The molecule has 2 N–H and O–H groups in total. The highest BCUT2D eigenvalue weighted by atomic mass is 19.1. The van der Waals surface area contributed by atoms with E-state index in [-0.39, 0.29) is 11.9 Å². The predicted octanol–water partition coefficient (Wildman–Crippen LogP) is 2.96. The molecule has 0 fully saturated rings. The minimum absolute atomic E-state index is 0.0249. The second-order valence-corrected chi connectivity index (χ2v) is 4.25. The average Bonchev–Trinajstić information content (AvgIpc) is 2.40. The van der Waals surface area contributed by atoms with Crippen LogP contribution in [-0.4, -0.2) is 13.6 Å². The lowest BCUT2D eigenvalue weighted by Crippen LogP contribution is -2.30. The minimum Gasteiger partial charge on any atom is -0.366 e. The zero-order chi connectivity index (χ0) is 13.0. The standard InChI is InChI=1S/C15H17FN2/c1-18(14-8-3-2-4-9-14)15(11-17)12-6-5-7-13(16)10-12/h2-10,15H,11,17H2,1H3. The Morgan fingerprint density at radius 3 is 2.44 bits per heavy atom. The lowest BCUT2D eigenvalue weighted by Gasteiger charge is -2.29. The van der Waals surface area contributed by atoms with Gasteiger partial charge in [0, 0.05) is 19.3 Å². The van der Waals surface area contributed by atoms with Crippen LogP contribution in [0, 0.1) is 5.82 Å². The molecule has 0 bridgehead atoms. The van der Waals surface area contributed by atoms with E-state index in [0.717, 1.165) is 11.3 Å². The largest absolute Gasteiger partial charge is 0.366 e. The highest BCUT2D eigenvalue weighted by molar-refractivity contribution is 5.48. The summed E-state index contributed by atoms with van der Waals surface area (Å²) in [7, 11) is 1.97. The van der Waals surface area contributed by atoms with Gasteiger partial charge in [-0.2, -0.15) is 0 Å². The van der Waals surface area contributed by atoms with Gasteiger partial charge in [-0.15, -0.1) is 0 Å². The molecule has 0 saturated carbocycles. The maximum absolute atomic E-state index is 13.3. The molecule has 3 heteroatoms. The van der Waals surface area contributed by atoms with E-state index in [1.54, 1.807) is 6.07 Å². The van der Waals surface area contributed by atoms with Crippen LogP contribution in [0.15, 0.2) is 54.6 Å². The van der Waals surface area contributed by atoms with Crippen LogP contribution in [0.3, 0.4) is 0 Å². The van der Waals surface area contributed by atoms with Gasteiger partial charge in [-0.05, 0) is 29.8 Å². The summed E-state index contributed by atoms with van der Waals surface area (Å²) in [6.07, 6.45) is 0. The Labute approximate surface area is 107 Å². The number of halogens is 1. The summed E-state index contributed by atoms with van der Waals surface area (Å²) in [6, 6.07) is 16.5. The van der Waals surface area contributed by atoms with Crippen molar-refractivity contribution in [3.8, 4) is 0 Å². The molecule has 1 atom stereocenters. The van der Waals surface area contributed by atoms with E-state index < -0.39 is 0 Å². The molecule has 94 valence electrons. The van der Waals surface area contributed by atoms with Crippen LogP contribution < -0.4 is 10.6 Å². The van der Waals surface area contributed by atoms with Gasteiger partial charge in [0.15, 0.2) is 0 Å². The number of nitrogens with two attached hydrogens (primary N) is 1. The molecule has 18 heavy (non-hydrogen) atoms. The minimum atomic E-state index is -0.229. The van der Waals surface area contributed by atoms with E-state index in [1.165, 1.54) is 12.1 Å². The fourth-order valence-electron chi connectivity index (χ4n) is 2.07. The van der Waals surface area contributed by atoms with Crippen molar-refractivity contribution in [1.82, 2.24) is 0 Å². The second kappa shape index (κ2) is 5.65. The summed E-state index contributed by atoms with van der Waals surface area (Å²) in [5, 5.41) is 0. The van der Waals surface area contributed by atoms with Crippen molar-refractivity contribution < 1.29 is 4.39 Å². The van der Waals surface area contributed by atoms with E-state index >= 15 is 0 Å². The van der Waals surface area contributed by atoms with E-state index in [0.29, 0.717) is 6.54 Å². The molecular formula is C15H17FN2. The van der Waals surface area contributed by atoms with Gasteiger partial charge in [0.25, 0.3) is 0 Å². The van der Waals surface area contributed by atoms with Crippen molar-refractivity contribution >= 4 is 5.69 Å². The van der Waals surface area contributed by atoms with E-state index in [1.807, 2.05) is 43.4 Å². The van der Waals surface area contributed by atoms with Crippen LogP contribution >= 0.6 is 0 Å². The Hall–Kier alpha value is -1.87. The van der Waals surface area contributed by atoms with E-state index in [2.05, 4.69) is 4.90 Å². The summed E-state index contributed by atoms with van der Waals surface area (Å²) in [5.41, 5.74) is 7.79. The summed E-state index contributed by atoms with van der Waals surface area (Å²) >= 11 is 0. The lowest BCUT2D eigenvalue weighted by atomic mass is 10.0. The number of para-hydroxylation sites is 1. The fraction of sp³-hybridized carbons (Fsp3) is 0.200. The Kier molecular flexibility index (Phi) is 3.95. The van der Waals surface area contributed by atoms with Crippen molar-refractivity contribution in [1.29, 1.82) is 0 Å². The quantitative estimate of drug-likeness (QED) is 0.896. The summed E-state index contributed by atoms with van der Waals surface area (Å²) in [4.78, 5) is 2.06. The summed E-state index contributed by atoms with van der Waals surface area (Å²) in [5.74, 6) is -0.229. The van der Waals surface area contributed by atoms with Crippen LogP contribution in [0.2, 0.25) is 0 Å². The summed E-state index contributed by atoms with van der Waals surface area (Å²) in [6.45, 7) is 0.439. The number of likely N-dealkylation sites (N-methyl/N-ethyl adjacent to an activating group) is 1. The third-order valence-electron chi connectivity index (χ3n) is 3.09. The van der Waals surface area contributed by atoms with Crippen molar-refractivity contribution in [2.45, 2.75) is 6.04 Å². The molecule has 2 rings (SSSR count). The first-order valence-electron chi connectivity index (χ1n) is 5.96. The second-order valence-electron chi connectivity index (χ2n) is 4.25. The zero-order valence-electron chi connectivity index (χ0n) is 10.4. The number of nitrogens with zero attached hydrogens (tertiary/aromatic N) is 1. The van der Waals surface area contributed by atoms with Crippen LogP contribution in [-0.2, 0) is 0 Å². The molecule has 0 radical (unpaired) electrons. The van der Waals surface area contributed by atoms with Gasteiger partial charge in [-0.1, -0.05) is 30.3 Å². The summed E-state index contributed by atoms with van der Waals surface area (Å²) < 4.78 is 13.3. The Morgan fingerprint density at radius 2 is 1.83 bits per heavy atom.